The molecule has 0 fully saturated rings. The Labute approximate surface area is 432 Å². The fourth-order valence-electron chi connectivity index (χ4n) is 13.5. The number of rotatable bonds is 5. The van der Waals surface area contributed by atoms with Gasteiger partial charge in [-0.1, -0.05) is 134 Å². The van der Waals surface area contributed by atoms with Gasteiger partial charge >= 0.3 is 0 Å². The smallest absolute Gasteiger partial charge is 0.252 e. The molecule has 13 rings (SSSR count). The van der Waals surface area contributed by atoms with Crippen LogP contribution in [0.2, 0.25) is 0 Å². The van der Waals surface area contributed by atoms with Gasteiger partial charge in [-0.05, 0) is 196 Å². The Balaban J connectivity index is 1.13. The topological polar surface area (TPSA) is 9.72 Å². The first kappa shape index (κ1) is 45.3. The third kappa shape index (κ3) is 6.75. The summed E-state index contributed by atoms with van der Waals surface area (Å²) in [5, 5.41) is 2.64. The Bertz CT molecular complexity index is 3690. The molecule has 0 saturated heterocycles. The summed E-state index contributed by atoms with van der Waals surface area (Å²) in [4.78, 5) is 7.82. The third-order valence-electron chi connectivity index (χ3n) is 17.9. The molecule has 0 spiro atoms. The van der Waals surface area contributed by atoms with E-state index in [2.05, 4.69) is 243 Å². The van der Waals surface area contributed by atoms with Crippen LogP contribution in [0.1, 0.15) is 120 Å². The molecule has 2 aliphatic carbocycles. The van der Waals surface area contributed by atoms with Crippen molar-refractivity contribution >= 4 is 106 Å². The van der Waals surface area contributed by atoms with Crippen LogP contribution in [-0.4, -0.2) is 6.71 Å². The summed E-state index contributed by atoms with van der Waals surface area (Å²) in [7, 11) is 0. The second-order valence-corrected chi connectivity index (χ2v) is 25.6. The van der Waals surface area contributed by atoms with E-state index in [1.54, 1.807) is 0 Å². The molecule has 358 valence electrons. The van der Waals surface area contributed by atoms with Crippen molar-refractivity contribution in [2.24, 2.45) is 0 Å². The van der Waals surface area contributed by atoms with E-state index in [9.17, 15) is 0 Å². The lowest BCUT2D eigenvalue weighted by Gasteiger charge is -2.48. The van der Waals surface area contributed by atoms with Crippen LogP contribution < -0.4 is 31.1 Å². The summed E-state index contributed by atoms with van der Waals surface area (Å²) >= 11 is 1.90. The molecule has 2 aliphatic heterocycles. The Kier molecular flexibility index (Phi) is 9.90. The predicted molar refractivity (Wildman–Crippen MR) is 313 cm³/mol. The highest BCUT2D eigenvalue weighted by atomic mass is 32.1. The van der Waals surface area contributed by atoms with E-state index in [-0.39, 0.29) is 28.4 Å². The standard InChI is InChI=1S/C67H66BN3S/c1-41-34-59-63-60(35-41)71(46-24-27-48-47-20-14-17-23-61(47)72-62(48)38-46)57-37-45(69(55-21-15-12-18-42(55)2)56-22-16-13-19-43(56)3)26-29-53(57)68(63)54-39-51-52(67(10,11)33-32-66(51,8)9)40-58(54)70(59)44-25-28-49-50(36-44)65(6,7)31-30-64(49,4)5/h12-29,34-40H,30-33H2,1-11H3. The summed E-state index contributed by atoms with van der Waals surface area (Å²) in [6, 6.07) is 59.1. The lowest BCUT2D eigenvalue weighted by molar-refractivity contribution is 0.332. The highest BCUT2D eigenvalue weighted by molar-refractivity contribution is 7.25. The zero-order valence-electron chi connectivity index (χ0n) is 44.1. The van der Waals surface area contributed by atoms with Gasteiger partial charge in [0.1, 0.15) is 0 Å². The van der Waals surface area contributed by atoms with Gasteiger partial charge in [-0.2, -0.15) is 0 Å². The summed E-state index contributed by atoms with van der Waals surface area (Å²) in [6.45, 7) is 26.6. The highest BCUT2D eigenvalue weighted by Gasteiger charge is 2.47. The molecule has 0 N–H and O–H groups in total. The normalized spacial score (nSPS) is 17.5. The van der Waals surface area contributed by atoms with Gasteiger partial charge in [-0.15, -0.1) is 11.3 Å². The fourth-order valence-corrected chi connectivity index (χ4v) is 14.6. The van der Waals surface area contributed by atoms with Crippen molar-refractivity contribution < 1.29 is 0 Å². The van der Waals surface area contributed by atoms with Crippen LogP contribution in [-0.2, 0) is 21.7 Å². The van der Waals surface area contributed by atoms with E-state index in [1.807, 2.05) is 11.3 Å². The zero-order chi connectivity index (χ0) is 49.8. The molecule has 3 nitrogen and oxygen atoms in total. The molecule has 72 heavy (non-hydrogen) atoms. The monoisotopic (exact) mass is 956 g/mol. The average molecular weight is 956 g/mol. The van der Waals surface area contributed by atoms with Crippen LogP contribution in [0.5, 0.6) is 0 Å². The number of benzene rings is 8. The second-order valence-electron chi connectivity index (χ2n) is 24.5. The summed E-state index contributed by atoms with van der Waals surface area (Å²) in [5.41, 5.74) is 25.1. The van der Waals surface area contributed by atoms with E-state index in [4.69, 9.17) is 0 Å². The van der Waals surface area contributed by atoms with Gasteiger partial charge in [0, 0.05) is 71.4 Å². The molecule has 8 aromatic carbocycles. The number of hydrogen-bond donors (Lipinski definition) is 0. The minimum absolute atomic E-state index is 0.000259. The van der Waals surface area contributed by atoms with Crippen molar-refractivity contribution in [3.05, 3.63) is 191 Å². The van der Waals surface area contributed by atoms with Crippen molar-refractivity contribution in [1.29, 1.82) is 0 Å². The highest BCUT2D eigenvalue weighted by Crippen LogP contribution is 2.53. The SMILES string of the molecule is Cc1cc2c3c(c1)N(c1ccc4c(c1)C(C)(C)CCC4(C)C)c1cc4c(cc1B3c1ccc(N(c3ccccc3C)c3ccccc3C)cc1N2c1ccc2c(c1)sc1ccccc12)C(C)(C)CCC4(C)C. The van der Waals surface area contributed by atoms with Crippen molar-refractivity contribution in [3.8, 4) is 0 Å². The van der Waals surface area contributed by atoms with Gasteiger partial charge in [0.2, 0.25) is 0 Å². The van der Waals surface area contributed by atoms with Crippen LogP contribution in [0.3, 0.4) is 0 Å². The van der Waals surface area contributed by atoms with Crippen molar-refractivity contribution in [1.82, 2.24) is 0 Å². The van der Waals surface area contributed by atoms with Gasteiger partial charge in [0.25, 0.3) is 6.71 Å². The lowest BCUT2D eigenvalue weighted by atomic mass is 9.33. The Morgan fingerprint density at radius 3 is 1.58 bits per heavy atom. The zero-order valence-corrected chi connectivity index (χ0v) is 44.9. The molecule has 0 radical (unpaired) electrons. The van der Waals surface area contributed by atoms with Gasteiger partial charge in [-0.25, -0.2) is 0 Å². The molecule has 0 saturated carbocycles. The second kappa shape index (κ2) is 15.7. The minimum Gasteiger partial charge on any atom is -0.311 e. The molecule has 0 atom stereocenters. The van der Waals surface area contributed by atoms with Crippen molar-refractivity contribution in [2.45, 2.75) is 124 Å². The van der Waals surface area contributed by atoms with Gasteiger partial charge in [0.05, 0.1) is 0 Å². The number of hydrogen-bond acceptors (Lipinski definition) is 4. The number of thiophene rings is 1. The molecule has 1 aromatic heterocycles. The van der Waals surface area contributed by atoms with Crippen LogP contribution in [0.25, 0.3) is 20.2 Å². The summed E-state index contributed by atoms with van der Waals surface area (Å²) < 4.78 is 2.63. The molecule has 0 amide bonds. The van der Waals surface area contributed by atoms with Gasteiger partial charge in [0.15, 0.2) is 0 Å². The molecule has 4 aliphatic rings. The van der Waals surface area contributed by atoms with E-state index >= 15 is 0 Å². The van der Waals surface area contributed by atoms with Gasteiger partial charge < -0.3 is 14.7 Å². The molecule has 0 unspecified atom stereocenters. The van der Waals surface area contributed by atoms with E-state index in [1.165, 1.54) is 147 Å². The average Bonchev–Trinajstić information content (AvgIpc) is 3.73. The fraction of sp³-hybridized carbons (Fsp3) is 0.284. The molecule has 5 heteroatoms. The maximum Gasteiger partial charge on any atom is 0.252 e. The van der Waals surface area contributed by atoms with E-state index < -0.39 is 0 Å². The maximum absolute atomic E-state index is 2.69. The molecule has 0 bridgehead atoms. The van der Waals surface area contributed by atoms with Crippen LogP contribution in [0, 0.1) is 20.8 Å². The van der Waals surface area contributed by atoms with E-state index in [0.717, 1.165) is 5.69 Å². The molecular formula is C67H66BN3S. The Hall–Kier alpha value is -6.56. The van der Waals surface area contributed by atoms with Gasteiger partial charge in [-0.3, -0.25) is 0 Å². The molecule has 9 aromatic rings. The predicted octanol–water partition coefficient (Wildman–Crippen LogP) is 17.2. The van der Waals surface area contributed by atoms with Crippen LogP contribution in [0.15, 0.2) is 152 Å². The lowest BCUT2D eigenvalue weighted by Crippen LogP contribution is -2.62. The molecular weight excluding hydrogens is 890 g/mol. The number of fused-ring (bicyclic) bond motifs is 9. The van der Waals surface area contributed by atoms with Crippen LogP contribution >= 0.6 is 11.3 Å². The first-order valence-corrected chi connectivity index (χ1v) is 27.3. The number of anilines is 9. The summed E-state index contributed by atoms with van der Waals surface area (Å²) in [6.07, 6.45) is 4.70. The first-order chi connectivity index (χ1) is 34.4. The Morgan fingerprint density at radius 1 is 0.431 bits per heavy atom. The summed E-state index contributed by atoms with van der Waals surface area (Å²) in [5.74, 6) is 0. The third-order valence-corrected chi connectivity index (χ3v) is 19.0. The number of para-hydroxylation sites is 2. The number of aryl methyl sites for hydroxylation is 3. The largest absolute Gasteiger partial charge is 0.311 e. The first-order valence-electron chi connectivity index (χ1n) is 26.5. The van der Waals surface area contributed by atoms with Crippen LogP contribution in [0.4, 0.5) is 51.2 Å². The van der Waals surface area contributed by atoms with Crippen molar-refractivity contribution in [2.75, 3.05) is 14.7 Å². The molecule has 3 heterocycles. The number of nitrogens with zero attached hydrogens (tertiary/aromatic N) is 3. The Morgan fingerprint density at radius 2 is 0.944 bits per heavy atom. The quantitative estimate of drug-likeness (QED) is 0.159. The van der Waals surface area contributed by atoms with Crippen molar-refractivity contribution in [3.63, 3.8) is 0 Å². The van der Waals surface area contributed by atoms with E-state index in [0.29, 0.717) is 0 Å². The maximum atomic E-state index is 2.69. The minimum atomic E-state index is -0.000259.